The topological polar surface area (TPSA) is 30.5 Å². The third-order valence-corrected chi connectivity index (χ3v) is 3.45. The van der Waals surface area contributed by atoms with Gasteiger partial charge in [-0.25, -0.2) is 0 Å². The smallest absolute Gasteiger partial charge is 0.119 e. The van der Waals surface area contributed by atoms with E-state index in [2.05, 4.69) is 30.4 Å². The quantitative estimate of drug-likeness (QED) is 0.731. The van der Waals surface area contributed by atoms with Crippen molar-refractivity contribution in [2.24, 2.45) is 5.92 Å². The molecular weight excluding hydrogens is 238 g/mol. The van der Waals surface area contributed by atoms with Crippen molar-refractivity contribution in [3.63, 3.8) is 0 Å². The minimum absolute atomic E-state index is 0.756. The number of hydrogen-bond donors (Lipinski definition) is 1. The summed E-state index contributed by atoms with van der Waals surface area (Å²) in [5.41, 5.74) is 1.29. The molecule has 0 radical (unpaired) electrons. The summed E-state index contributed by atoms with van der Waals surface area (Å²) in [5, 5.41) is 3.50. The number of rotatable bonds is 8. The predicted molar refractivity (Wildman–Crippen MR) is 77.5 cm³/mol. The molecule has 1 N–H and O–H groups in total. The van der Waals surface area contributed by atoms with Crippen LogP contribution in [-0.2, 0) is 11.3 Å². The molecule has 1 unspecified atom stereocenters. The fourth-order valence-electron chi connectivity index (χ4n) is 2.32. The van der Waals surface area contributed by atoms with Crippen molar-refractivity contribution < 1.29 is 9.47 Å². The Hall–Kier alpha value is -1.06. The highest BCUT2D eigenvalue weighted by molar-refractivity contribution is 5.28. The van der Waals surface area contributed by atoms with E-state index in [9.17, 15) is 0 Å². The fraction of sp³-hybridized carbons (Fsp3) is 0.625. The van der Waals surface area contributed by atoms with Crippen LogP contribution < -0.4 is 10.1 Å². The lowest BCUT2D eigenvalue weighted by Gasteiger charge is -2.10. The predicted octanol–water partition coefficient (Wildman–Crippen LogP) is 2.99. The summed E-state index contributed by atoms with van der Waals surface area (Å²) >= 11 is 0. The molecule has 1 aliphatic rings. The largest absolute Gasteiger partial charge is 0.494 e. The van der Waals surface area contributed by atoms with E-state index >= 15 is 0 Å². The van der Waals surface area contributed by atoms with Crippen molar-refractivity contribution in [2.75, 3.05) is 26.4 Å². The molecule has 0 aliphatic carbocycles. The second-order valence-corrected chi connectivity index (χ2v) is 5.19. The molecule has 1 aromatic carbocycles. The average molecular weight is 263 g/mol. The van der Waals surface area contributed by atoms with Crippen LogP contribution in [0.1, 0.15) is 31.7 Å². The highest BCUT2D eigenvalue weighted by atomic mass is 16.5. The van der Waals surface area contributed by atoms with Crippen LogP contribution >= 0.6 is 0 Å². The van der Waals surface area contributed by atoms with Gasteiger partial charge < -0.3 is 14.8 Å². The summed E-state index contributed by atoms with van der Waals surface area (Å²) in [7, 11) is 0. The van der Waals surface area contributed by atoms with E-state index in [-0.39, 0.29) is 0 Å². The van der Waals surface area contributed by atoms with E-state index in [0.717, 1.165) is 51.0 Å². The van der Waals surface area contributed by atoms with Crippen molar-refractivity contribution >= 4 is 0 Å². The molecule has 3 heteroatoms. The lowest BCUT2D eigenvalue weighted by atomic mass is 10.1. The Labute approximate surface area is 116 Å². The van der Waals surface area contributed by atoms with Gasteiger partial charge in [0.05, 0.1) is 6.61 Å². The maximum absolute atomic E-state index is 5.64. The van der Waals surface area contributed by atoms with E-state index < -0.39 is 0 Å². The molecular formula is C16H25NO2. The summed E-state index contributed by atoms with van der Waals surface area (Å²) < 4.78 is 11.0. The first-order valence-corrected chi connectivity index (χ1v) is 7.38. The molecule has 1 saturated heterocycles. The van der Waals surface area contributed by atoms with Gasteiger partial charge in [0.15, 0.2) is 0 Å². The summed E-state index contributed by atoms with van der Waals surface area (Å²) in [4.78, 5) is 0. The third-order valence-electron chi connectivity index (χ3n) is 3.45. The SMILES string of the molecule is CCCOc1cccc(CNCCC2CCOC2)c1. The van der Waals surface area contributed by atoms with Crippen LogP contribution in [0.3, 0.4) is 0 Å². The molecule has 19 heavy (non-hydrogen) atoms. The molecule has 0 bridgehead atoms. The number of nitrogens with one attached hydrogen (secondary N) is 1. The van der Waals surface area contributed by atoms with Gasteiger partial charge in [-0.3, -0.25) is 0 Å². The maximum Gasteiger partial charge on any atom is 0.119 e. The van der Waals surface area contributed by atoms with Gasteiger partial charge in [0.2, 0.25) is 0 Å². The second kappa shape index (κ2) is 8.18. The van der Waals surface area contributed by atoms with Crippen LogP contribution in [0, 0.1) is 5.92 Å². The van der Waals surface area contributed by atoms with Gasteiger partial charge in [-0.1, -0.05) is 19.1 Å². The number of benzene rings is 1. The van der Waals surface area contributed by atoms with Gasteiger partial charge in [0, 0.05) is 19.8 Å². The zero-order chi connectivity index (χ0) is 13.3. The number of ether oxygens (including phenoxy) is 2. The van der Waals surface area contributed by atoms with Gasteiger partial charge in [0.1, 0.15) is 5.75 Å². The van der Waals surface area contributed by atoms with Gasteiger partial charge in [-0.05, 0) is 49.4 Å². The Morgan fingerprint density at radius 1 is 1.42 bits per heavy atom. The lowest BCUT2D eigenvalue weighted by molar-refractivity contribution is 0.184. The average Bonchev–Trinajstić information content (AvgIpc) is 2.95. The highest BCUT2D eigenvalue weighted by Crippen LogP contribution is 2.16. The van der Waals surface area contributed by atoms with Crippen LogP contribution in [-0.4, -0.2) is 26.4 Å². The summed E-state index contributed by atoms with van der Waals surface area (Å²) in [6.45, 7) is 6.78. The Bertz CT molecular complexity index is 362. The van der Waals surface area contributed by atoms with Gasteiger partial charge in [-0.2, -0.15) is 0 Å². The van der Waals surface area contributed by atoms with Crippen LogP contribution in [0.15, 0.2) is 24.3 Å². The Morgan fingerprint density at radius 3 is 3.16 bits per heavy atom. The van der Waals surface area contributed by atoms with E-state index in [1.54, 1.807) is 0 Å². The molecule has 1 heterocycles. The van der Waals surface area contributed by atoms with E-state index in [0.29, 0.717) is 0 Å². The first-order chi connectivity index (χ1) is 9.38. The molecule has 0 spiro atoms. The van der Waals surface area contributed by atoms with Gasteiger partial charge in [0.25, 0.3) is 0 Å². The Balaban J connectivity index is 1.66. The molecule has 3 nitrogen and oxygen atoms in total. The molecule has 0 saturated carbocycles. The first kappa shape index (κ1) is 14.4. The molecule has 0 amide bonds. The zero-order valence-corrected chi connectivity index (χ0v) is 11.9. The summed E-state index contributed by atoms with van der Waals surface area (Å²) in [6, 6.07) is 8.35. The first-order valence-electron chi connectivity index (χ1n) is 7.38. The molecule has 1 fully saturated rings. The summed E-state index contributed by atoms with van der Waals surface area (Å²) in [6.07, 6.45) is 3.49. The fourth-order valence-corrected chi connectivity index (χ4v) is 2.32. The molecule has 2 rings (SSSR count). The minimum atomic E-state index is 0.756. The van der Waals surface area contributed by atoms with Crippen molar-refractivity contribution in [3.8, 4) is 5.75 Å². The third kappa shape index (κ3) is 5.21. The molecule has 1 aromatic rings. The zero-order valence-electron chi connectivity index (χ0n) is 11.9. The van der Waals surface area contributed by atoms with Gasteiger partial charge in [-0.15, -0.1) is 0 Å². The minimum Gasteiger partial charge on any atom is -0.494 e. The number of hydrogen-bond acceptors (Lipinski definition) is 3. The van der Waals surface area contributed by atoms with E-state index in [1.165, 1.54) is 18.4 Å². The van der Waals surface area contributed by atoms with Crippen LogP contribution in [0.25, 0.3) is 0 Å². The highest BCUT2D eigenvalue weighted by Gasteiger charge is 2.14. The van der Waals surface area contributed by atoms with Crippen molar-refractivity contribution in [2.45, 2.75) is 32.7 Å². The second-order valence-electron chi connectivity index (χ2n) is 5.19. The maximum atomic E-state index is 5.64. The lowest BCUT2D eigenvalue weighted by Crippen LogP contribution is -2.18. The normalized spacial score (nSPS) is 18.7. The van der Waals surface area contributed by atoms with Crippen LogP contribution in [0.4, 0.5) is 0 Å². The van der Waals surface area contributed by atoms with Crippen LogP contribution in [0.5, 0.6) is 5.75 Å². The van der Waals surface area contributed by atoms with Crippen LogP contribution in [0.2, 0.25) is 0 Å². The van der Waals surface area contributed by atoms with Gasteiger partial charge >= 0.3 is 0 Å². The summed E-state index contributed by atoms with van der Waals surface area (Å²) in [5.74, 6) is 1.73. The molecule has 106 valence electrons. The Morgan fingerprint density at radius 2 is 2.37 bits per heavy atom. The van der Waals surface area contributed by atoms with Crippen molar-refractivity contribution in [3.05, 3.63) is 29.8 Å². The van der Waals surface area contributed by atoms with E-state index in [1.807, 2.05) is 6.07 Å². The van der Waals surface area contributed by atoms with Crippen molar-refractivity contribution in [1.29, 1.82) is 0 Å². The monoisotopic (exact) mass is 263 g/mol. The van der Waals surface area contributed by atoms with Crippen molar-refractivity contribution in [1.82, 2.24) is 5.32 Å². The molecule has 0 aromatic heterocycles. The standard InChI is InChI=1S/C16H25NO2/c1-2-9-19-16-5-3-4-15(11-16)12-17-8-6-14-7-10-18-13-14/h3-5,11,14,17H,2,6-10,12-13H2,1H3. The molecule has 1 aliphatic heterocycles. The molecule has 1 atom stereocenters. The Kier molecular flexibility index (Phi) is 6.18. The van der Waals surface area contributed by atoms with E-state index in [4.69, 9.17) is 9.47 Å².